The largest absolute Gasteiger partial charge is 0.192 e. The molecule has 0 bridgehead atoms. The van der Waals surface area contributed by atoms with E-state index in [-0.39, 0.29) is 0 Å². The zero-order valence-electron chi connectivity index (χ0n) is 8.55. The second-order valence-corrected chi connectivity index (χ2v) is 4.65. The average Bonchev–Trinajstić information content (AvgIpc) is 2.29. The number of nitriles is 1. The Morgan fingerprint density at radius 1 is 0.882 bits per heavy atom. The summed E-state index contributed by atoms with van der Waals surface area (Å²) in [5, 5.41) is 10.6. The van der Waals surface area contributed by atoms with Gasteiger partial charge in [-0.15, -0.1) is 0 Å². The third kappa shape index (κ3) is 2.40. The predicted octanol–water partition coefficient (Wildman–Crippen LogP) is 5.19. The van der Waals surface area contributed by atoms with Gasteiger partial charge in [-0.1, -0.05) is 53.0 Å². The van der Waals surface area contributed by atoms with Gasteiger partial charge in [-0.25, -0.2) is 0 Å². The van der Waals surface area contributed by atoms with Crippen molar-refractivity contribution < 1.29 is 0 Å². The summed E-state index contributed by atoms with van der Waals surface area (Å²) in [6, 6.07) is 12.5. The van der Waals surface area contributed by atoms with E-state index < -0.39 is 0 Å². The molecule has 0 fully saturated rings. The van der Waals surface area contributed by atoms with Crippen LogP contribution >= 0.6 is 34.8 Å². The van der Waals surface area contributed by atoms with Crippen LogP contribution in [0.2, 0.25) is 15.1 Å². The van der Waals surface area contributed by atoms with Gasteiger partial charge in [0, 0.05) is 21.2 Å². The highest BCUT2D eigenvalue weighted by atomic mass is 35.5. The van der Waals surface area contributed by atoms with Crippen molar-refractivity contribution in [3.8, 4) is 17.2 Å². The van der Waals surface area contributed by atoms with Crippen LogP contribution in [-0.2, 0) is 0 Å². The molecular formula is C13H6Cl3N. The van der Waals surface area contributed by atoms with Crippen LogP contribution in [0.3, 0.4) is 0 Å². The number of halogens is 3. The first-order valence-corrected chi connectivity index (χ1v) is 5.91. The van der Waals surface area contributed by atoms with Crippen molar-refractivity contribution in [1.29, 1.82) is 5.26 Å². The standard InChI is InChI=1S/C13H6Cl3N/c14-8-4-5-10(13(16)6-8)9-2-1-3-12(15)11(9)7-17/h1-6H. The van der Waals surface area contributed by atoms with Crippen LogP contribution in [0, 0.1) is 11.3 Å². The first-order valence-electron chi connectivity index (χ1n) is 4.77. The van der Waals surface area contributed by atoms with Crippen molar-refractivity contribution in [3.05, 3.63) is 57.0 Å². The molecule has 0 saturated heterocycles. The highest BCUT2D eigenvalue weighted by molar-refractivity contribution is 6.36. The summed E-state index contributed by atoms with van der Waals surface area (Å²) in [5.41, 5.74) is 1.87. The smallest absolute Gasteiger partial charge is 0.101 e. The van der Waals surface area contributed by atoms with E-state index in [0.717, 1.165) is 5.56 Å². The van der Waals surface area contributed by atoms with Crippen LogP contribution < -0.4 is 0 Å². The van der Waals surface area contributed by atoms with Crippen molar-refractivity contribution >= 4 is 34.8 Å². The Morgan fingerprint density at radius 2 is 1.65 bits per heavy atom. The molecule has 17 heavy (non-hydrogen) atoms. The highest BCUT2D eigenvalue weighted by Gasteiger charge is 2.11. The number of rotatable bonds is 1. The normalized spacial score (nSPS) is 10.0. The predicted molar refractivity (Wildman–Crippen MR) is 71.6 cm³/mol. The first kappa shape index (κ1) is 12.3. The quantitative estimate of drug-likeness (QED) is 0.706. The molecule has 0 N–H and O–H groups in total. The third-order valence-electron chi connectivity index (χ3n) is 2.35. The zero-order chi connectivity index (χ0) is 12.4. The molecule has 0 aliphatic heterocycles. The Bertz CT molecular complexity index is 615. The molecular weight excluding hydrogens is 277 g/mol. The van der Waals surface area contributed by atoms with Crippen molar-refractivity contribution in [3.63, 3.8) is 0 Å². The fourth-order valence-electron chi connectivity index (χ4n) is 1.57. The summed E-state index contributed by atoms with van der Waals surface area (Å²) in [5.74, 6) is 0. The topological polar surface area (TPSA) is 23.8 Å². The second-order valence-electron chi connectivity index (χ2n) is 3.40. The Morgan fingerprint density at radius 3 is 2.29 bits per heavy atom. The molecule has 0 unspecified atom stereocenters. The number of nitrogens with zero attached hydrogens (tertiary/aromatic N) is 1. The summed E-state index contributed by atoms with van der Waals surface area (Å²) < 4.78 is 0. The highest BCUT2D eigenvalue weighted by Crippen LogP contribution is 2.34. The van der Waals surface area contributed by atoms with E-state index in [9.17, 15) is 0 Å². The van der Waals surface area contributed by atoms with Gasteiger partial charge in [-0.05, 0) is 18.2 Å². The van der Waals surface area contributed by atoms with E-state index in [2.05, 4.69) is 6.07 Å². The summed E-state index contributed by atoms with van der Waals surface area (Å²) in [6.07, 6.45) is 0. The molecule has 4 heteroatoms. The Hall–Kier alpha value is -1.20. The average molecular weight is 283 g/mol. The van der Waals surface area contributed by atoms with Crippen molar-refractivity contribution in [1.82, 2.24) is 0 Å². The lowest BCUT2D eigenvalue weighted by atomic mass is 10.0. The molecule has 2 aromatic carbocycles. The molecule has 0 aromatic heterocycles. The van der Waals surface area contributed by atoms with Crippen LogP contribution in [0.25, 0.3) is 11.1 Å². The van der Waals surface area contributed by atoms with Crippen LogP contribution in [-0.4, -0.2) is 0 Å². The minimum atomic E-state index is 0.413. The molecule has 0 saturated carbocycles. The van der Waals surface area contributed by atoms with Crippen LogP contribution in [0.4, 0.5) is 0 Å². The van der Waals surface area contributed by atoms with E-state index in [0.29, 0.717) is 26.2 Å². The van der Waals surface area contributed by atoms with Gasteiger partial charge in [-0.3, -0.25) is 0 Å². The Balaban J connectivity index is 2.69. The SMILES string of the molecule is N#Cc1c(Cl)cccc1-c1ccc(Cl)cc1Cl. The van der Waals surface area contributed by atoms with Gasteiger partial charge in [0.25, 0.3) is 0 Å². The van der Waals surface area contributed by atoms with Gasteiger partial charge in [0.05, 0.1) is 10.6 Å². The van der Waals surface area contributed by atoms with E-state index in [1.807, 2.05) is 0 Å². The minimum absolute atomic E-state index is 0.413. The number of hydrogen-bond donors (Lipinski definition) is 0. The molecule has 0 aliphatic carbocycles. The third-order valence-corrected chi connectivity index (χ3v) is 3.21. The van der Waals surface area contributed by atoms with Crippen LogP contribution in [0.1, 0.15) is 5.56 Å². The zero-order valence-corrected chi connectivity index (χ0v) is 10.8. The van der Waals surface area contributed by atoms with Gasteiger partial charge in [0.15, 0.2) is 0 Å². The Kier molecular flexibility index (Phi) is 3.59. The van der Waals surface area contributed by atoms with Crippen molar-refractivity contribution in [2.24, 2.45) is 0 Å². The molecule has 2 rings (SSSR count). The van der Waals surface area contributed by atoms with Gasteiger partial charge in [0.2, 0.25) is 0 Å². The van der Waals surface area contributed by atoms with Gasteiger partial charge >= 0.3 is 0 Å². The minimum Gasteiger partial charge on any atom is -0.192 e. The van der Waals surface area contributed by atoms with E-state index in [1.54, 1.807) is 36.4 Å². The number of hydrogen-bond acceptors (Lipinski definition) is 1. The fraction of sp³-hybridized carbons (Fsp3) is 0. The Labute approximate surface area is 114 Å². The summed E-state index contributed by atoms with van der Waals surface area (Å²) in [7, 11) is 0. The molecule has 0 atom stereocenters. The summed E-state index contributed by atoms with van der Waals surface area (Å²) in [4.78, 5) is 0. The lowest BCUT2D eigenvalue weighted by Crippen LogP contribution is -1.86. The molecule has 0 heterocycles. The molecule has 0 amide bonds. The van der Waals surface area contributed by atoms with Crippen LogP contribution in [0.5, 0.6) is 0 Å². The fourth-order valence-corrected chi connectivity index (χ4v) is 2.30. The molecule has 2 aromatic rings. The number of benzene rings is 2. The maximum atomic E-state index is 9.10. The summed E-state index contributed by atoms with van der Waals surface area (Å²) in [6.45, 7) is 0. The van der Waals surface area contributed by atoms with Crippen molar-refractivity contribution in [2.75, 3.05) is 0 Å². The van der Waals surface area contributed by atoms with Gasteiger partial charge in [0.1, 0.15) is 6.07 Å². The van der Waals surface area contributed by atoms with E-state index in [1.165, 1.54) is 0 Å². The second kappa shape index (κ2) is 4.98. The van der Waals surface area contributed by atoms with E-state index in [4.69, 9.17) is 40.1 Å². The maximum absolute atomic E-state index is 9.10. The molecule has 84 valence electrons. The molecule has 1 nitrogen and oxygen atoms in total. The first-order chi connectivity index (χ1) is 8.13. The lowest BCUT2D eigenvalue weighted by molar-refractivity contribution is 1.48. The monoisotopic (exact) mass is 281 g/mol. The van der Waals surface area contributed by atoms with Gasteiger partial charge < -0.3 is 0 Å². The molecule has 0 radical (unpaired) electrons. The molecule has 0 aliphatic rings. The van der Waals surface area contributed by atoms with Crippen molar-refractivity contribution in [2.45, 2.75) is 0 Å². The van der Waals surface area contributed by atoms with Gasteiger partial charge in [-0.2, -0.15) is 5.26 Å². The van der Waals surface area contributed by atoms with E-state index >= 15 is 0 Å². The summed E-state index contributed by atoms with van der Waals surface area (Å²) >= 11 is 17.9. The molecule has 0 spiro atoms. The maximum Gasteiger partial charge on any atom is 0.101 e. The lowest BCUT2D eigenvalue weighted by Gasteiger charge is -2.08. The van der Waals surface area contributed by atoms with Crippen LogP contribution in [0.15, 0.2) is 36.4 Å².